The number of benzene rings is 1. The highest BCUT2D eigenvalue weighted by atomic mass is 16.6. The molecule has 10 heteroatoms. The fourth-order valence-corrected chi connectivity index (χ4v) is 3.44. The molecule has 3 N–H and O–H groups in total. The van der Waals surface area contributed by atoms with Crippen LogP contribution in [-0.2, 0) is 27.5 Å². The van der Waals surface area contributed by atoms with Crippen LogP contribution in [0.25, 0.3) is 5.65 Å². The lowest BCUT2D eigenvalue weighted by molar-refractivity contribution is -0.126. The molecule has 36 heavy (non-hydrogen) atoms. The largest absolute Gasteiger partial charge is 0.443 e. The van der Waals surface area contributed by atoms with E-state index in [9.17, 15) is 9.59 Å². The van der Waals surface area contributed by atoms with Crippen molar-refractivity contribution in [2.24, 2.45) is 5.73 Å². The molecule has 2 aromatic heterocycles. The molecule has 10 nitrogen and oxygen atoms in total. The predicted molar refractivity (Wildman–Crippen MR) is 138 cm³/mol. The fraction of sp³-hybridized carbons (Fsp3) is 0.462. The molecular formula is C26H38N6O4. The monoisotopic (exact) mass is 498 g/mol. The summed E-state index contributed by atoms with van der Waals surface area (Å²) >= 11 is 0. The molecule has 0 fully saturated rings. The van der Waals surface area contributed by atoms with E-state index in [-0.39, 0.29) is 26.5 Å². The lowest BCUT2D eigenvalue weighted by Gasteiger charge is -2.24. The maximum atomic E-state index is 12.8. The summed E-state index contributed by atoms with van der Waals surface area (Å²) in [6.07, 6.45) is 0.415. The second kappa shape index (κ2) is 13.0. The molecule has 0 saturated carbocycles. The molecule has 0 aliphatic rings. The second-order valence-corrected chi connectivity index (χ2v) is 8.99. The summed E-state index contributed by atoms with van der Waals surface area (Å²) in [5.41, 5.74) is 7.15. The zero-order valence-corrected chi connectivity index (χ0v) is 20.7. The molecule has 0 bridgehead atoms. The molecule has 196 valence electrons. The number of pyridine rings is 1. The van der Waals surface area contributed by atoms with Gasteiger partial charge in [-0.2, -0.15) is 0 Å². The third-order valence-electron chi connectivity index (χ3n) is 5.35. The summed E-state index contributed by atoms with van der Waals surface area (Å²) in [6.45, 7) is 6.37. The van der Waals surface area contributed by atoms with Crippen LogP contribution >= 0.6 is 0 Å². The number of carbonyl (C=O) groups excluding carboxylic acids is 2. The molecule has 0 aliphatic heterocycles. The molecule has 0 saturated heterocycles. The van der Waals surface area contributed by atoms with Gasteiger partial charge in [0.1, 0.15) is 12.6 Å². The van der Waals surface area contributed by atoms with Crippen molar-refractivity contribution in [2.75, 3.05) is 20.2 Å². The number of nitrogens with two attached hydrogens (primary N) is 1. The Morgan fingerprint density at radius 3 is 2.50 bits per heavy atom. The van der Waals surface area contributed by atoms with Crippen LogP contribution in [0, 0.1) is 0 Å². The highest BCUT2D eigenvalue weighted by molar-refractivity contribution is 5.85. The lowest BCUT2D eigenvalue weighted by Crippen LogP contribution is -2.51. The minimum atomic E-state index is -1.10. The van der Waals surface area contributed by atoms with Gasteiger partial charge in [0.15, 0.2) is 11.5 Å². The zero-order valence-electron chi connectivity index (χ0n) is 20.7. The van der Waals surface area contributed by atoms with Crippen molar-refractivity contribution < 1.29 is 19.1 Å². The quantitative estimate of drug-likeness (QED) is 0.415. The molecule has 0 aliphatic carbocycles. The number of amides is 2. The van der Waals surface area contributed by atoms with Gasteiger partial charge in [-0.25, -0.2) is 4.79 Å². The van der Waals surface area contributed by atoms with Crippen LogP contribution in [0.1, 0.15) is 57.7 Å². The van der Waals surface area contributed by atoms with E-state index >= 15 is 0 Å². The van der Waals surface area contributed by atoms with Gasteiger partial charge in [-0.15, -0.1) is 10.2 Å². The van der Waals surface area contributed by atoms with Gasteiger partial charge < -0.3 is 25.4 Å². The number of fused-ring (bicyclic) bond motifs is 1. The normalized spacial score (nSPS) is 12.0. The minimum Gasteiger partial charge on any atom is -0.443 e. The molecule has 3 aromatic rings. The maximum Gasteiger partial charge on any atom is 0.409 e. The van der Waals surface area contributed by atoms with E-state index in [2.05, 4.69) is 15.5 Å². The third-order valence-corrected chi connectivity index (χ3v) is 5.35. The van der Waals surface area contributed by atoms with Crippen molar-refractivity contribution in [1.29, 1.82) is 0 Å². The van der Waals surface area contributed by atoms with Gasteiger partial charge in [0, 0.05) is 13.6 Å². The Morgan fingerprint density at radius 1 is 1.11 bits per heavy atom. The molecule has 2 heterocycles. The molecule has 3 rings (SSSR count). The number of rotatable bonds is 11. The number of nitrogens with zero attached hydrogens (tertiary/aromatic N) is 4. The lowest BCUT2D eigenvalue weighted by atomic mass is 10.1. The summed E-state index contributed by atoms with van der Waals surface area (Å²) in [4.78, 5) is 26.6. The van der Waals surface area contributed by atoms with Crippen LogP contribution in [0.4, 0.5) is 4.79 Å². The standard InChI is InChI=1S/C25H34N6O4.CH4/c1-5-14-30(4)24(33)35-16-19-12-9-13-21-28-29-22(31(19)21)20(27-23(32)25(2,3)26)17-34-15-18-10-7-6-8-11-18;/h6-13,20H,5,14-17,26H2,1-4H3,(H,27,32);1H4/t20-;/m1./s1. The van der Waals surface area contributed by atoms with Crippen molar-refractivity contribution in [3.8, 4) is 0 Å². The molecule has 1 atom stereocenters. The number of ether oxygens (including phenoxy) is 2. The van der Waals surface area contributed by atoms with Crippen LogP contribution in [0.15, 0.2) is 48.5 Å². The van der Waals surface area contributed by atoms with Gasteiger partial charge >= 0.3 is 6.09 Å². The topological polar surface area (TPSA) is 124 Å². The Bertz CT molecular complexity index is 1130. The Morgan fingerprint density at radius 2 is 1.83 bits per heavy atom. The number of hydrogen-bond donors (Lipinski definition) is 2. The minimum absolute atomic E-state index is 0. The molecule has 1 aromatic carbocycles. The highest BCUT2D eigenvalue weighted by Crippen LogP contribution is 2.18. The van der Waals surface area contributed by atoms with E-state index in [1.54, 1.807) is 31.4 Å². The molecule has 2 amide bonds. The number of hydrogen-bond acceptors (Lipinski definition) is 7. The van der Waals surface area contributed by atoms with Gasteiger partial charge in [-0.3, -0.25) is 9.20 Å². The first-order chi connectivity index (χ1) is 16.7. The van der Waals surface area contributed by atoms with Gasteiger partial charge in [0.25, 0.3) is 0 Å². The van der Waals surface area contributed by atoms with E-state index in [1.807, 2.05) is 49.4 Å². The summed E-state index contributed by atoms with van der Waals surface area (Å²) in [5, 5.41) is 11.5. The average molecular weight is 499 g/mol. The Kier molecular flexibility index (Phi) is 10.4. The zero-order chi connectivity index (χ0) is 25.4. The summed E-state index contributed by atoms with van der Waals surface area (Å²) in [6, 6.07) is 14.5. The van der Waals surface area contributed by atoms with Crippen molar-refractivity contribution >= 4 is 17.6 Å². The Hall–Kier alpha value is -3.50. The van der Waals surface area contributed by atoms with Gasteiger partial charge in [-0.1, -0.05) is 50.7 Å². The smallest absolute Gasteiger partial charge is 0.409 e. The number of aromatic nitrogens is 3. The van der Waals surface area contributed by atoms with Crippen LogP contribution in [-0.4, -0.2) is 57.2 Å². The van der Waals surface area contributed by atoms with Crippen molar-refractivity contribution in [2.45, 2.75) is 59.4 Å². The molecule has 0 unspecified atom stereocenters. The van der Waals surface area contributed by atoms with E-state index in [4.69, 9.17) is 15.2 Å². The maximum absolute atomic E-state index is 12.8. The van der Waals surface area contributed by atoms with E-state index in [1.165, 1.54) is 4.90 Å². The highest BCUT2D eigenvalue weighted by Gasteiger charge is 2.28. The average Bonchev–Trinajstić information content (AvgIpc) is 3.26. The van der Waals surface area contributed by atoms with Crippen LogP contribution in [0.2, 0.25) is 0 Å². The predicted octanol–water partition coefficient (Wildman–Crippen LogP) is 3.46. The molecule has 0 radical (unpaired) electrons. The molecule has 0 spiro atoms. The van der Waals surface area contributed by atoms with Gasteiger partial charge in [0.2, 0.25) is 5.91 Å². The van der Waals surface area contributed by atoms with E-state index in [0.717, 1.165) is 12.0 Å². The number of carbonyl (C=O) groups is 2. The SMILES string of the molecule is C.CCCN(C)C(=O)OCc1cccc2nnc([C@@H](COCc3ccccc3)NC(=O)C(C)(C)N)n12. The first kappa shape index (κ1) is 28.7. The first-order valence-corrected chi connectivity index (χ1v) is 11.6. The Balaban J connectivity index is 0.00000456. The third kappa shape index (κ3) is 7.50. The van der Waals surface area contributed by atoms with Gasteiger partial charge in [0.05, 0.1) is 24.4 Å². The fourth-order valence-electron chi connectivity index (χ4n) is 3.44. The summed E-state index contributed by atoms with van der Waals surface area (Å²) in [5.74, 6) is 0.104. The van der Waals surface area contributed by atoms with Crippen LogP contribution in [0.3, 0.4) is 0 Å². The summed E-state index contributed by atoms with van der Waals surface area (Å²) < 4.78 is 13.2. The molecular weight excluding hydrogens is 460 g/mol. The van der Waals surface area contributed by atoms with Crippen LogP contribution in [0.5, 0.6) is 0 Å². The van der Waals surface area contributed by atoms with E-state index in [0.29, 0.717) is 30.3 Å². The van der Waals surface area contributed by atoms with E-state index < -0.39 is 17.7 Å². The summed E-state index contributed by atoms with van der Waals surface area (Å²) in [7, 11) is 1.70. The van der Waals surface area contributed by atoms with Crippen molar-refractivity contribution in [1.82, 2.24) is 24.8 Å². The Labute approximate surface area is 212 Å². The second-order valence-electron chi connectivity index (χ2n) is 8.99. The van der Waals surface area contributed by atoms with Crippen molar-refractivity contribution in [3.05, 3.63) is 65.6 Å². The number of nitrogens with one attached hydrogen (secondary N) is 1. The van der Waals surface area contributed by atoms with Crippen LogP contribution < -0.4 is 11.1 Å². The van der Waals surface area contributed by atoms with Gasteiger partial charge in [-0.05, 0) is 38.0 Å². The first-order valence-electron chi connectivity index (χ1n) is 11.6. The van der Waals surface area contributed by atoms with Crippen molar-refractivity contribution in [3.63, 3.8) is 0 Å².